The van der Waals surface area contributed by atoms with Crippen molar-refractivity contribution in [1.29, 1.82) is 0 Å². The van der Waals surface area contributed by atoms with Crippen molar-refractivity contribution < 1.29 is 0 Å². The van der Waals surface area contributed by atoms with Crippen LogP contribution >= 0.6 is 0 Å². The molecule has 0 heteroatoms. The molecule has 0 bridgehead atoms. The summed E-state index contributed by atoms with van der Waals surface area (Å²) in [6.45, 7) is 17.0. The number of benzene rings is 1. The Morgan fingerprint density at radius 3 is 1.88 bits per heavy atom. The highest BCUT2D eigenvalue weighted by Gasteiger charge is 2.33. The van der Waals surface area contributed by atoms with Crippen molar-refractivity contribution in [2.45, 2.75) is 101 Å². The van der Waals surface area contributed by atoms with Crippen molar-refractivity contribution in [3.05, 3.63) is 35.9 Å². The van der Waals surface area contributed by atoms with Gasteiger partial charge in [-0.15, -0.1) is 0 Å². The van der Waals surface area contributed by atoms with E-state index in [4.69, 9.17) is 0 Å². The van der Waals surface area contributed by atoms with E-state index in [-0.39, 0.29) is 14.9 Å². The lowest BCUT2D eigenvalue weighted by Crippen LogP contribution is -2.29. The molecule has 0 aliphatic rings. The highest BCUT2D eigenvalue weighted by molar-refractivity contribution is 5.20. The molecule has 0 amide bonds. The summed E-state index contributed by atoms with van der Waals surface area (Å²) in [5, 5.41) is 0. The second kappa shape index (κ2) is 12.6. The van der Waals surface area contributed by atoms with E-state index < -0.39 is 0 Å². The van der Waals surface area contributed by atoms with Crippen LogP contribution in [0.25, 0.3) is 0 Å². The van der Waals surface area contributed by atoms with Crippen LogP contribution < -0.4 is 0 Å². The zero-order chi connectivity index (χ0) is 17.5. The van der Waals surface area contributed by atoms with E-state index >= 15 is 0 Å². The predicted molar refractivity (Wildman–Crippen MR) is 118 cm³/mol. The molecule has 148 valence electrons. The van der Waals surface area contributed by atoms with Crippen LogP contribution in [0.4, 0.5) is 0 Å². The number of rotatable bonds is 10. The first kappa shape index (κ1) is 26.4. The van der Waals surface area contributed by atoms with Gasteiger partial charge in [0.1, 0.15) is 0 Å². The predicted octanol–water partition coefficient (Wildman–Crippen LogP) is 8.97. The zero-order valence-electron chi connectivity index (χ0n) is 16.7. The topological polar surface area (TPSA) is 0 Å². The number of hydrogen-bond donors (Lipinski definition) is 0. The van der Waals surface area contributed by atoms with Crippen LogP contribution in [0.5, 0.6) is 0 Å². The van der Waals surface area contributed by atoms with Gasteiger partial charge in [-0.2, -0.15) is 0 Å². The first-order valence-corrected chi connectivity index (χ1v) is 9.91. The second-order valence-electron chi connectivity index (χ2n) is 8.45. The van der Waals surface area contributed by atoms with Gasteiger partial charge in [-0.05, 0) is 53.9 Å². The Labute approximate surface area is 160 Å². The average Bonchev–Trinajstić information content (AvgIpc) is 2.53. The molecule has 0 saturated heterocycles. The second-order valence-corrected chi connectivity index (χ2v) is 8.45. The summed E-state index contributed by atoms with van der Waals surface area (Å²) in [6, 6.07) is 11.2. The van der Waals surface area contributed by atoms with Crippen LogP contribution in [0.3, 0.4) is 0 Å². The molecule has 0 heterocycles. The van der Waals surface area contributed by atoms with Gasteiger partial charge in [-0.3, -0.25) is 0 Å². The molecule has 1 aromatic rings. The van der Waals surface area contributed by atoms with Gasteiger partial charge in [0.25, 0.3) is 0 Å². The Hall–Kier alpha value is -0.780. The van der Waals surface area contributed by atoms with Crippen LogP contribution in [0.1, 0.15) is 107 Å². The Balaban J connectivity index is 0. The summed E-state index contributed by atoms with van der Waals surface area (Å²) >= 11 is 0. The molecule has 0 N–H and O–H groups in total. The van der Waals surface area contributed by atoms with Gasteiger partial charge in [-0.1, -0.05) is 106 Å². The fourth-order valence-corrected chi connectivity index (χ4v) is 4.53. The summed E-state index contributed by atoms with van der Waals surface area (Å²) < 4.78 is 0. The average molecular weight is 349 g/mol. The fourth-order valence-electron chi connectivity index (χ4n) is 4.53. The molecule has 0 fully saturated rings. The summed E-state index contributed by atoms with van der Waals surface area (Å²) in [5.74, 6) is 3.05. The summed E-state index contributed by atoms with van der Waals surface area (Å²) in [7, 11) is 0. The van der Waals surface area contributed by atoms with Gasteiger partial charge in [0.15, 0.2) is 0 Å². The molecule has 1 rings (SSSR count). The summed E-state index contributed by atoms with van der Waals surface area (Å²) in [4.78, 5) is 0. The molecular formula is C25H48. The van der Waals surface area contributed by atoms with Crippen molar-refractivity contribution >= 4 is 0 Å². The van der Waals surface area contributed by atoms with Gasteiger partial charge >= 0.3 is 0 Å². The third kappa shape index (κ3) is 7.97. The molecule has 4 atom stereocenters. The van der Waals surface area contributed by atoms with Crippen molar-refractivity contribution in [3.63, 3.8) is 0 Å². The number of hydrogen-bond acceptors (Lipinski definition) is 0. The van der Waals surface area contributed by atoms with Gasteiger partial charge in [0.2, 0.25) is 0 Å². The maximum absolute atomic E-state index is 2.51. The van der Waals surface area contributed by atoms with Crippen LogP contribution in [0, 0.1) is 23.2 Å². The minimum atomic E-state index is 0. The van der Waals surface area contributed by atoms with Crippen molar-refractivity contribution in [2.75, 3.05) is 0 Å². The standard InChI is InChI=1S/C23H40.2CH4/c1-8-16-23(6,7)17-22(18(4)9-2)19(5)21(10-3)20-14-12-11-13-15-20;;/h11-15,18-19,21-22H,8-10,16-17H2,1-7H3;2*1H4. The summed E-state index contributed by atoms with van der Waals surface area (Å²) in [6.07, 6.45) is 6.54. The van der Waals surface area contributed by atoms with Crippen LogP contribution in [0.15, 0.2) is 30.3 Å². The van der Waals surface area contributed by atoms with E-state index in [0.29, 0.717) is 11.3 Å². The van der Waals surface area contributed by atoms with E-state index in [1.807, 2.05) is 0 Å². The van der Waals surface area contributed by atoms with Crippen LogP contribution in [-0.4, -0.2) is 0 Å². The van der Waals surface area contributed by atoms with Gasteiger partial charge < -0.3 is 0 Å². The molecule has 0 aliphatic carbocycles. The Morgan fingerprint density at radius 2 is 1.44 bits per heavy atom. The third-order valence-corrected chi connectivity index (χ3v) is 6.07. The monoisotopic (exact) mass is 348 g/mol. The molecule has 0 radical (unpaired) electrons. The molecule has 0 nitrogen and oxygen atoms in total. The molecule has 25 heavy (non-hydrogen) atoms. The van der Waals surface area contributed by atoms with E-state index in [2.05, 4.69) is 78.8 Å². The van der Waals surface area contributed by atoms with E-state index in [9.17, 15) is 0 Å². The largest absolute Gasteiger partial charge is 0.0776 e. The van der Waals surface area contributed by atoms with Crippen molar-refractivity contribution in [1.82, 2.24) is 0 Å². The highest BCUT2D eigenvalue weighted by atomic mass is 14.4. The molecule has 0 aromatic heterocycles. The van der Waals surface area contributed by atoms with E-state index in [1.54, 1.807) is 0 Å². The van der Waals surface area contributed by atoms with E-state index in [0.717, 1.165) is 17.8 Å². The highest BCUT2D eigenvalue weighted by Crippen LogP contribution is 2.43. The zero-order valence-corrected chi connectivity index (χ0v) is 16.7. The third-order valence-electron chi connectivity index (χ3n) is 6.07. The first-order chi connectivity index (χ1) is 10.9. The van der Waals surface area contributed by atoms with Gasteiger partial charge in [0, 0.05) is 0 Å². The first-order valence-electron chi connectivity index (χ1n) is 9.91. The minimum Gasteiger partial charge on any atom is -0.0776 e. The molecule has 4 unspecified atom stereocenters. The molecule has 0 aliphatic heterocycles. The van der Waals surface area contributed by atoms with Crippen molar-refractivity contribution in [3.8, 4) is 0 Å². The Bertz CT molecular complexity index is 417. The lowest BCUT2D eigenvalue weighted by Gasteiger charge is -2.39. The maximum Gasteiger partial charge on any atom is -0.0136 e. The SMILES string of the molecule is C.C.CCCC(C)(C)CC(C(C)CC)C(C)C(CC)c1ccccc1. The molecule has 0 saturated carbocycles. The lowest BCUT2D eigenvalue weighted by atomic mass is 9.66. The molecular weight excluding hydrogens is 300 g/mol. The quantitative estimate of drug-likeness (QED) is 0.395. The van der Waals surface area contributed by atoms with Crippen LogP contribution in [0.2, 0.25) is 0 Å². The Kier molecular flexibility index (Phi) is 13.3. The molecule has 0 spiro atoms. The normalized spacial score (nSPS) is 16.1. The molecule has 1 aromatic carbocycles. The van der Waals surface area contributed by atoms with E-state index in [1.165, 1.54) is 37.7 Å². The fraction of sp³-hybridized carbons (Fsp3) is 0.760. The van der Waals surface area contributed by atoms with Gasteiger partial charge in [0.05, 0.1) is 0 Å². The minimum absolute atomic E-state index is 0. The van der Waals surface area contributed by atoms with Crippen LogP contribution in [-0.2, 0) is 0 Å². The smallest absolute Gasteiger partial charge is 0.0136 e. The Morgan fingerprint density at radius 1 is 0.880 bits per heavy atom. The van der Waals surface area contributed by atoms with Crippen molar-refractivity contribution in [2.24, 2.45) is 23.2 Å². The van der Waals surface area contributed by atoms with Gasteiger partial charge in [-0.25, -0.2) is 0 Å². The summed E-state index contributed by atoms with van der Waals surface area (Å²) in [5.41, 5.74) is 2.00. The lowest BCUT2D eigenvalue weighted by molar-refractivity contribution is 0.132. The maximum atomic E-state index is 2.51.